The monoisotopic (exact) mass is 326 g/mol. The van der Waals surface area contributed by atoms with Crippen LogP contribution in [-0.2, 0) is 6.54 Å². The van der Waals surface area contributed by atoms with Crippen molar-refractivity contribution < 1.29 is 0 Å². The van der Waals surface area contributed by atoms with Crippen LogP contribution in [0.4, 0.5) is 5.69 Å². The van der Waals surface area contributed by atoms with Crippen molar-refractivity contribution in [2.45, 2.75) is 52.6 Å². The number of hydrogen-bond donors (Lipinski definition) is 1. The van der Waals surface area contributed by atoms with E-state index < -0.39 is 0 Å². The Kier molecular flexibility index (Phi) is 7.47. The molecular formula is C16H27BrN2. The topological polar surface area (TPSA) is 15.3 Å². The summed E-state index contributed by atoms with van der Waals surface area (Å²) in [6.07, 6.45) is 3.67. The van der Waals surface area contributed by atoms with Gasteiger partial charge >= 0.3 is 0 Å². The maximum atomic E-state index is 3.58. The normalized spacial score (nSPS) is 12.5. The van der Waals surface area contributed by atoms with Gasteiger partial charge < -0.3 is 10.2 Å². The quantitative estimate of drug-likeness (QED) is 0.752. The molecule has 0 amide bonds. The zero-order valence-electron chi connectivity index (χ0n) is 12.7. The van der Waals surface area contributed by atoms with Crippen molar-refractivity contribution in [2.24, 2.45) is 0 Å². The SMILES string of the molecule is CCCCN(c1ccc(Br)cc1CNC)C(C)CC. The van der Waals surface area contributed by atoms with E-state index in [2.05, 4.69) is 65.1 Å². The van der Waals surface area contributed by atoms with Crippen molar-refractivity contribution >= 4 is 21.6 Å². The van der Waals surface area contributed by atoms with Crippen molar-refractivity contribution in [3.05, 3.63) is 28.2 Å². The zero-order valence-corrected chi connectivity index (χ0v) is 14.3. The fourth-order valence-electron chi connectivity index (χ4n) is 2.29. The molecule has 0 heterocycles. The minimum absolute atomic E-state index is 0.586. The summed E-state index contributed by atoms with van der Waals surface area (Å²) < 4.78 is 1.15. The minimum Gasteiger partial charge on any atom is -0.369 e. The number of anilines is 1. The number of unbranched alkanes of at least 4 members (excludes halogenated alkanes) is 1. The molecule has 2 nitrogen and oxygen atoms in total. The second-order valence-electron chi connectivity index (χ2n) is 5.11. The number of nitrogens with zero attached hydrogens (tertiary/aromatic N) is 1. The highest BCUT2D eigenvalue weighted by molar-refractivity contribution is 9.10. The molecule has 0 saturated carbocycles. The molecule has 1 atom stereocenters. The zero-order chi connectivity index (χ0) is 14.3. The molecule has 0 fully saturated rings. The standard InChI is InChI=1S/C16H27BrN2/c1-5-7-10-19(13(3)6-2)16-9-8-15(17)11-14(16)12-18-4/h8-9,11,13,18H,5-7,10,12H2,1-4H3. The largest absolute Gasteiger partial charge is 0.369 e. The number of hydrogen-bond acceptors (Lipinski definition) is 2. The number of rotatable bonds is 8. The Morgan fingerprint density at radius 2 is 2.05 bits per heavy atom. The van der Waals surface area contributed by atoms with Crippen LogP contribution in [0.3, 0.4) is 0 Å². The second kappa shape index (κ2) is 8.60. The first-order valence-corrected chi connectivity index (χ1v) is 8.12. The Morgan fingerprint density at radius 3 is 2.63 bits per heavy atom. The molecule has 19 heavy (non-hydrogen) atoms. The van der Waals surface area contributed by atoms with Crippen LogP contribution in [0, 0.1) is 0 Å². The fourth-order valence-corrected chi connectivity index (χ4v) is 2.70. The van der Waals surface area contributed by atoms with Crippen molar-refractivity contribution in [1.29, 1.82) is 0 Å². The molecule has 0 saturated heterocycles. The maximum absolute atomic E-state index is 3.58. The highest BCUT2D eigenvalue weighted by atomic mass is 79.9. The van der Waals surface area contributed by atoms with Gasteiger partial charge in [-0.2, -0.15) is 0 Å². The third kappa shape index (κ3) is 4.81. The summed E-state index contributed by atoms with van der Waals surface area (Å²) in [5.74, 6) is 0. The lowest BCUT2D eigenvalue weighted by atomic mass is 10.1. The van der Waals surface area contributed by atoms with Gasteiger partial charge in [0.05, 0.1) is 0 Å². The summed E-state index contributed by atoms with van der Waals surface area (Å²) in [5.41, 5.74) is 2.74. The molecule has 1 N–H and O–H groups in total. The first-order chi connectivity index (χ1) is 9.13. The van der Waals surface area contributed by atoms with Gasteiger partial charge in [0.25, 0.3) is 0 Å². The van der Waals surface area contributed by atoms with E-state index in [9.17, 15) is 0 Å². The molecule has 0 bridgehead atoms. The Bertz CT molecular complexity index is 379. The Morgan fingerprint density at radius 1 is 1.32 bits per heavy atom. The fraction of sp³-hybridized carbons (Fsp3) is 0.625. The van der Waals surface area contributed by atoms with E-state index >= 15 is 0 Å². The third-order valence-electron chi connectivity index (χ3n) is 3.59. The van der Waals surface area contributed by atoms with E-state index in [0.29, 0.717) is 6.04 Å². The van der Waals surface area contributed by atoms with Crippen LogP contribution in [0.25, 0.3) is 0 Å². The molecule has 0 radical (unpaired) electrons. The van der Waals surface area contributed by atoms with E-state index in [4.69, 9.17) is 0 Å². The minimum atomic E-state index is 0.586. The van der Waals surface area contributed by atoms with Gasteiger partial charge in [0.2, 0.25) is 0 Å². The van der Waals surface area contributed by atoms with Gasteiger partial charge in [-0.3, -0.25) is 0 Å². The summed E-state index contributed by atoms with van der Waals surface area (Å²) in [5, 5.41) is 3.27. The maximum Gasteiger partial charge on any atom is 0.0415 e. The molecular weight excluding hydrogens is 300 g/mol. The summed E-state index contributed by atoms with van der Waals surface area (Å²) in [6.45, 7) is 8.89. The van der Waals surface area contributed by atoms with Gasteiger partial charge in [0.15, 0.2) is 0 Å². The van der Waals surface area contributed by atoms with Crippen LogP contribution in [-0.4, -0.2) is 19.6 Å². The average molecular weight is 327 g/mol. The first kappa shape index (κ1) is 16.5. The summed E-state index contributed by atoms with van der Waals surface area (Å²) in [6, 6.07) is 7.21. The Balaban J connectivity index is 3.05. The van der Waals surface area contributed by atoms with Crippen molar-refractivity contribution in [3.8, 4) is 0 Å². The van der Waals surface area contributed by atoms with Gasteiger partial charge in [-0.25, -0.2) is 0 Å². The van der Waals surface area contributed by atoms with Crippen LogP contribution in [0.15, 0.2) is 22.7 Å². The van der Waals surface area contributed by atoms with Gasteiger partial charge in [-0.1, -0.05) is 36.2 Å². The molecule has 3 heteroatoms. The van der Waals surface area contributed by atoms with Gasteiger partial charge in [-0.05, 0) is 50.6 Å². The van der Waals surface area contributed by atoms with E-state index in [-0.39, 0.29) is 0 Å². The van der Waals surface area contributed by atoms with Crippen molar-refractivity contribution in [1.82, 2.24) is 5.32 Å². The van der Waals surface area contributed by atoms with E-state index in [1.165, 1.54) is 30.5 Å². The van der Waals surface area contributed by atoms with Crippen LogP contribution in [0.5, 0.6) is 0 Å². The molecule has 0 aromatic heterocycles. The van der Waals surface area contributed by atoms with E-state index in [1.54, 1.807) is 0 Å². The average Bonchev–Trinajstić information content (AvgIpc) is 2.41. The third-order valence-corrected chi connectivity index (χ3v) is 4.09. The van der Waals surface area contributed by atoms with Crippen molar-refractivity contribution in [3.63, 3.8) is 0 Å². The van der Waals surface area contributed by atoms with E-state index in [0.717, 1.165) is 17.6 Å². The second-order valence-corrected chi connectivity index (χ2v) is 6.02. The van der Waals surface area contributed by atoms with Gasteiger partial charge in [0, 0.05) is 29.3 Å². The van der Waals surface area contributed by atoms with Gasteiger partial charge in [0.1, 0.15) is 0 Å². The molecule has 1 aromatic carbocycles. The van der Waals surface area contributed by atoms with Crippen LogP contribution < -0.4 is 10.2 Å². The molecule has 0 aliphatic carbocycles. The molecule has 1 unspecified atom stereocenters. The number of halogens is 1. The Hall–Kier alpha value is -0.540. The van der Waals surface area contributed by atoms with Crippen molar-refractivity contribution in [2.75, 3.05) is 18.5 Å². The molecule has 108 valence electrons. The number of benzene rings is 1. The summed E-state index contributed by atoms with van der Waals surface area (Å²) >= 11 is 3.58. The first-order valence-electron chi connectivity index (χ1n) is 7.33. The van der Waals surface area contributed by atoms with Crippen LogP contribution in [0.1, 0.15) is 45.6 Å². The Labute approximate surface area is 126 Å². The van der Waals surface area contributed by atoms with Gasteiger partial charge in [-0.15, -0.1) is 0 Å². The summed E-state index contributed by atoms with van der Waals surface area (Å²) in [4.78, 5) is 2.56. The lowest BCUT2D eigenvalue weighted by molar-refractivity contribution is 0.592. The predicted octanol–water partition coefficient (Wildman–Crippen LogP) is 4.57. The van der Waals surface area contributed by atoms with E-state index in [1.807, 2.05) is 7.05 Å². The molecule has 0 spiro atoms. The molecule has 1 rings (SSSR count). The highest BCUT2D eigenvalue weighted by Gasteiger charge is 2.15. The predicted molar refractivity (Wildman–Crippen MR) is 88.9 cm³/mol. The van der Waals surface area contributed by atoms with Crippen LogP contribution in [0.2, 0.25) is 0 Å². The molecule has 1 aromatic rings. The smallest absolute Gasteiger partial charge is 0.0415 e. The van der Waals surface area contributed by atoms with Crippen LogP contribution >= 0.6 is 15.9 Å². The number of nitrogens with one attached hydrogen (secondary N) is 1. The summed E-state index contributed by atoms with van der Waals surface area (Å²) in [7, 11) is 2.00. The molecule has 0 aliphatic heterocycles. The lowest BCUT2D eigenvalue weighted by Gasteiger charge is -2.32. The highest BCUT2D eigenvalue weighted by Crippen LogP contribution is 2.27. The lowest BCUT2D eigenvalue weighted by Crippen LogP contribution is -2.34. The molecule has 0 aliphatic rings.